The Morgan fingerprint density at radius 1 is 0.913 bits per heavy atom. The predicted octanol–water partition coefficient (Wildman–Crippen LogP) is 2.80. The van der Waals surface area contributed by atoms with Gasteiger partial charge in [0.25, 0.3) is 0 Å². The Balaban J connectivity index is 1.64. The van der Waals surface area contributed by atoms with Crippen LogP contribution in [0.4, 0.5) is 11.8 Å². The Bertz CT molecular complexity index is 684. The van der Waals surface area contributed by atoms with E-state index in [-0.39, 0.29) is 0 Å². The molecule has 3 aromatic rings. The highest BCUT2D eigenvalue weighted by molar-refractivity contribution is 5.42. The topological polar surface area (TPSA) is 75.6 Å². The van der Waals surface area contributed by atoms with Crippen LogP contribution in [0.3, 0.4) is 0 Å². The van der Waals surface area contributed by atoms with Crippen LogP contribution >= 0.6 is 0 Å². The summed E-state index contributed by atoms with van der Waals surface area (Å²) >= 11 is 0. The third-order valence-corrected chi connectivity index (χ3v) is 3.23. The van der Waals surface area contributed by atoms with Crippen molar-refractivity contribution in [3.05, 3.63) is 71.9 Å². The van der Waals surface area contributed by atoms with Crippen LogP contribution in [0.2, 0.25) is 0 Å². The Morgan fingerprint density at radius 2 is 1.78 bits per heavy atom. The van der Waals surface area contributed by atoms with Crippen molar-refractivity contribution in [3.8, 4) is 0 Å². The molecule has 6 nitrogen and oxygen atoms in total. The van der Waals surface area contributed by atoms with Gasteiger partial charge >= 0.3 is 0 Å². The van der Waals surface area contributed by atoms with Gasteiger partial charge < -0.3 is 10.6 Å². The summed E-state index contributed by atoms with van der Waals surface area (Å²) in [6.07, 6.45) is 5.33. The number of anilines is 2. The van der Waals surface area contributed by atoms with Crippen molar-refractivity contribution in [2.45, 2.75) is 20.0 Å². The lowest BCUT2D eigenvalue weighted by molar-refractivity contribution is 0.982. The van der Waals surface area contributed by atoms with E-state index in [0.717, 1.165) is 22.8 Å². The molecule has 6 heteroatoms. The van der Waals surface area contributed by atoms with Crippen LogP contribution in [0, 0.1) is 6.92 Å². The summed E-state index contributed by atoms with van der Waals surface area (Å²) in [6.45, 7) is 3.23. The van der Waals surface area contributed by atoms with Crippen molar-refractivity contribution in [1.82, 2.24) is 19.9 Å². The van der Waals surface area contributed by atoms with Crippen molar-refractivity contribution in [2.24, 2.45) is 0 Å². The van der Waals surface area contributed by atoms with E-state index in [1.54, 1.807) is 18.6 Å². The number of hydrogen-bond acceptors (Lipinski definition) is 6. The molecular formula is C17H18N6. The molecule has 2 N–H and O–H groups in total. The zero-order valence-electron chi connectivity index (χ0n) is 12.9. The average molecular weight is 306 g/mol. The third-order valence-electron chi connectivity index (χ3n) is 3.23. The first-order valence-electron chi connectivity index (χ1n) is 7.42. The smallest absolute Gasteiger partial charge is 0.225 e. The molecule has 3 aromatic heterocycles. The molecule has 3 rings (SSSR count). The van der Waals surface area contributed by atoms with Gasteiger partial charge in [-0.15, -0.1) is 0 Å². The first-order chi connectivity index (χ1) is 11.3. The number of aromatic nitrogens is 4. The molecule has 0 unspecified atom stereocenters. The van der Waals surface area contributed by atoms with E-state index >= 15 is 0 Å². The normalized spacial score (nSPS) is 10.3. The van der Waals surface area contributed by atoms with Gasteiger partial charge in [-0.3, -0.25) is 9.97 Å². The van der Waals surface area contributed by atoms with Crippen LogP contribution in [0.15, 0.2) is 55.0 Å². The first kappa shape index (κ1) is 14.9. The molecule has 0 radical (unpaired) electrons. The van der Waals surface area contributed by atoms with Crippen LogP contribution in [0.1, 0.15) is 17.0 Å². The van der Waals surface area contributed by atoms with Crippen molar-refractivity contribution < 1.29 is 0 Å². The molecule has 0 aliphatic carbocycles. The fourth-order valence-corrected chi connectivity index (χ4v) is 2.10. The monoisotopic (exact) mass is 306 g/mol. The lowest BCUT2D eigenvalue weighted by atomic mass is 10.3. The third kappa shape index (κ3) is 4.47. The Labute approximate surface area is 135 Å². The lowest BCUT2D eigenvalue weighted by Crippen LogP contribution is -2.08. The van der Waals surface area contributed by atoms with E-state index in [1.807, 2.05) is 43.3 Å². The Kier molecular flexibility index (Phi) is 4.73. The quantitative estimate of drug-likeness (QED) is 0.729. The molecule has 0 aromatic carbocycles. The van der Waals surface area contributed by atoms with E-state index < -0.39 is 0 Å². The van der Waals surface area contributed by atoms with Gasteiger partial charge in [0.05, 0.1) is 12.2 Å². The number of aryl methyl sites for hydroxylation is 1. The minimum atomic E-state index is 0.591. The van der Waals surface area contributed by atoms with Crippen LogP contribution in [-0.4, -0.2) is 19.9 Å². The summed E-state index contributed by atoms with van der Waals surface area (Å²) in [6, 6.07) is 11.7. The fraction of sp³-hybridized carbons (Fsp3) is 0.176. The average Bonchev–Trinajstić information content (AvgIpc) is 2.60. The second-order valence-electron chi connectivity index (χ2n) is 5.10. The number of pyridine rings is 2. The minimum absolute atomic E-state index is 0.591. The summed E-state index contributed by atoms with van der Waals surface area (Å²) in [5.74, 6) is 1.38. The molecule has 0 atom stereocenters. The molecule has 0 fully saturated rings. The minimum Gasteiger partial charge on any atom is -0.366 e. The highest BCUT2D eigenvalue weighted by Gasteiger charge is 2.03. The Hall–Kier alpha value is -3.02. The van der Waals surface area contributed by atoms with Gasteiger partial charge in [-0.1, -0.05) is 6.07 Å². The molecule has 0 aliphatic rings. The van der Waals surface area contributed by atoms with Gasteiger partial charge in [0, 0.05) is 36.9 Å². The SMILES string of the molecule is Cc1cc(NCc2ccncc2)nc(NCc2ccccn2)n1. The second-order valence-corrected chi connectivity index (χ2v) is 5.10. The van der Waals surface area contributed by atoms with E-state index in [1.165, 1.54) is 0 Å². The summed E-state index contributed by atoms with van der Waals surface area (Å²) in [5.41, 5.74) is 3.00. The van der Waals surface area contributed by atoms with Gasteiger partial charge in [0.15, 0.2) is 0 Å². The van der Waals surface area contributed by atoms with Crippen LogP contribution in [0.25, 0.3) is 0 Å². The molecule has 0 aliphatic heterocycles. The summed E-state index contributed by atoms with van der Waals surface area (Å²) in [4.78, 5) is 17.2. The van der Waals surface area contributed by atoms with E-state index in [2.05, 4.69) is 30.6 Å². The molecular weight excluding hydrogens is 288 g/mol. The van der Waals surface area contributed by atoms with E-state index in [0.29, 0.717) is 19.0 Å². The summed E-state index contributed by atoms with van der Waals surface area (Å²) < 4.78 is 0. The molecule has 0 saturated carbocycles. The Morgan fingerprint density at radius 3 is 2.57 bits per heavy atom. The van der Waals surface area contributed by atoms with Crippen molar-refractivity contribution in [2.75, 3.05) is 10.6 Å². The van der Waals surface area contributed by atoms with Crippen LogP contribution in [0.5, 0.6) is 0 Å². The molecule has 0 bridgehead atoms. The zero-order valence-corrected chi connectivity index (χ0v) is 12.9. The molecule has 0 saturated heterocycles. The number of nitrogens with one attached hydrogen (secondary N) is 2. The maximum absolute atomic E-state index is 4.49. The molecule has 23 heavy (non-hydrogen) atoms. The summed E-state index contributed by atoms with van der Waals surface area (Å²) in [5, 5.41) is 6.51. The van der Waals surface area contributed by atoms with Gasteiger partial charge in [0.2, 0.25) is 5.95 Å². The standard InChI is InChI=1S/C17H18N6/c1-13-10-16(20-11-14-5-8-18-9-6-14)23-17(22-13)21-12-15-4-2-3-7-19-15/h2-10H,11-12H2,1H3,(H2,20,21,22,23). The number of hydrogen-bond donors (Lipinski definition) is 2. The highest BCUT2D eigenvalue weighted by atomic mass is 15.1. The lowest BCUT2D eigenvalue weighted by Gasteiger charge is -2.10. The first-order valence-corrected chi connectivity index (χ1v) is 7.42. The van der Waals surface area contributed by atoms with Crippen LogP contribution < -0.4 is 10.6 Å². The summed E-state index contributed by atoms with van der Waals surface area (Å²) in [7, 11) is 0. The highest BCUT2D eigenvalue weighted by Crippen LogP contribution is 2.11. The van der Waals surface area contributed by atoms with Crippen LogP contribution in [-0.2, 0) is 13.1 Å². The fourth-order valence-electron chi connectivity index (χ4n) is 2.10. The van der Waals surface area contributed by atoms with E-state index in [4.69, 9.17) is 0 Å². The maximum atomic E-state index is 4.49. The van der Waals surface area contributed by atoms with E-state index in [9.17, 15) is 0 Å². The number of rotatable bonds is 6. The van der Waals surface area contributed by atoms with Crippen molar-refractivity contribution in [3.63, 3.8) is 0 Å². The van der Waals surface area contributed by atoms with Gasteiger partial charge in [-0.2, -0.15) is 4.98 Å². The molecule has 3 heterocycles. The van der Waals surface area contributed by atoms with Crippen molar-refractivity contribution >= 4 is 11.8 Å². The van der Waals surface area contributed by atoms with Crippen molar-refractivity contribution in [1.29, 1.82) is 0 Å². The van der Waals surface area contributed by atoms with Gasteiger partial charge in [-0.05, 0) is 36.8 Å². The number of nitrogens with zero attached hydrogens (tertiary/aromatic N) is 4. The van der Waals surface area contributed by atoms with Gasteiger partial charge in [-0.25, -0.2) is 4.98 Å². The largest absolute Gasteiger partial charge is 0.366 e. The molecule has 0 amide bonds. The molecule has 0 spiro atoms. The molecule has 116 valence electrons. The predicted molar refractivity (Wildman–Crippen MR) is 89.9 cm³/mol. The van der Waals surface area contributed by atoms with Gasteiger partial charge in [0.1, 0.15) is 5.82 Å². The maximum Gasteiger partial charge on any atom is 0.225 e. The zero-order chi connectivity index (χ0) is 15.9. The second kappa shape index (κ2) is 7.31.